The lowest BCUT2D eigenvalue weighted by Crippen LogP contribution is -1.99. The maximum Gasteiger partial charge on any atom is 0.336 e. The fraction of sp³-hybridized carbons (Fsp3) is 0.0714. The van der Waals surface area contributed by atoms with Gasteiger partial charge in [-0.3, -0.25) is 0 Å². The van der Waals surface area contributed by atoms with Gasteiger partial charge in [0, 0.05) is 0 Å². The third-order valence-corrected chi connectivity index (χ3v) is 2.65. The molecule has 0 heterocycles. The topological polar surface area (TPSA) is 66.8 Å². The van der Waals surface area contributed by atoms with Crippen molar-refractivity contribution in [3.63, 3.8) is 0 Å². The molecule has 0 bridgehead atoms. The highest BCUT2D eigenvalue weighted by molar-refractivity contribution is 5.96. The summed E-state index contributed by atoms with van der Waals surface area (Å²) in [4.78, 5) is 11.1. The minimum atomic E-state index is -0.999. The molecule has 0 unspecified atom stereocenters. The van der Waals surface area contributed by atoms with Crippen molar-refractivity contribution >= 4 is 5.97 Å². The third kappa shape index (κ3) is 2.13. The highest BCUT2D eigenvalue weighted by Gasteiger charge is 2.12. The monoisotopic (exact) mass is 244 g/mol. The minimum absolute atomic E-state index is 0.0183. The Kier molecular flexibility index (Phi) is 3.19. The van der Waals surface area contributed by atoms with Crippen molar-refractivity contribution in [3.05, 3.63) is 48.0 Å². The van der Waals surface area contributed by atoms with Crippen molar-refractivity contribution in [1.29, 1.82) is 0 Å². The number of benzene rings is 2. The zero-order valence-corrected chi connectivity index (χ0v) is 9.75. The van der Waals surface area contributed by atoms with E-state index in [2.05, 4.69) is 0 Å². The summed E-state index contributed by atoms with van der Waals surface area (Å²) < 4.78 is 4.95. The van der Waals surface area contributed by atoms with Crippen LogP contribution >= 0.6 is 0 Å². The molecule has 0 aliphatic rings. The molecule has 0 atom stereocenters. The molecule has 4 heteroatoms. The zero-order chi connectivity index (χ0) is 13.1. The van der Waals surface area contributed by atoms with Gasteiger partial charge in [-0.25, -0.2) is 4.79 Å². The van der Waals surface area contributed by atoms with Crippen LogP contribution in [0.25, 0.3) is 11.1 Å². The summed E-state index contributed by atoms with van der Waals surface area (Å²) in [6.07, 6.45) is 0. The average Bonchev–Trinajstić information content (AvgIpc) is 2.38. The summed E-state index contributed by atoms with van der Waals surface area (Å²) in [6, 6.07) is 11.4. The van der Waals surface area contributed by atoms with Crippen molar-refractivity contribution in [2.24, 2.45) is 0 Å². The first kappa shape index (κ1) is 12.0. The minimum Gasteiger partial charge on any atom is -0.504 e. The van der Waals surface area contributed by atoms with Crippen LogP contribution in [0.4, 0.5) is 0 Å². The van der Waals surface area contributed by atoms with Crippen molar-refractivity contribution in [2.45, 2.75) is 0 Å². The molecule has 0 saturated heterocycles. The Morgan fingerprint density at radius 1 is 1.17 bits per heavy atom. The van der Waals surface area contributed by atoms with Crippen molar-refractivity contribution in [1.82, 2.24) is 0 Å². The summed E-state index contributed by atoms with van der Waals surface area (Å²) >= 11 is 0. The van der Waals surface area contributed by atoms with E-state index in [0.29, 0.717) is 16.9 Å². The number of methoxy groups -OCH3 is 1. The summed E-state index contributed by atoms with van der Waals surface area (Å²) in [5, 5.41) is 18.8. The van der Waals surface area contributed by atoms with Crippen LogP contribution in [0.5, 0.6) is 11.5 Å². The quantitative estimate of drug-likeness (QED) is 0.871. The van der Waals surface area contributed by atoms with Crippen LogP contribution in [0.15, 0.2) is 42.5 Å². The van der Waals surface area contributed by atoms with Crippen LogP contribution in [0.2, 0.25) is 0 Å². The standard InChI is InChI=1S/C14H12O4/c1-18-13-7-6-9(8-12(13)15)10-4-2-3-5-11(10)14(16)17/h2-8,15H,1H3,(H,16,17). The molecule has 0 amide bonds. The van der Waals surface area contributed by atoms with Gasteiger partial charge in [0.25, 0.3) is 0 Å². The highest BCUT2D eigenvalue weighted by atomic mass is 16.5. The van der Waals surface area contributed by atoms with Gasteiger partial charge in [0.1, 0.15) is 0 Å². The Labute approximate surface area is 104 Å². The number of carboxylic acids is 1. The van der Waals surface area contributed by atoms with E-state index in [1.54, 1.807) is 30.3 Å². The molecule has 2 aromatic carbocycles. The summed E-state index contributed by atoms with van der Waals surface area (Å²) in [6.45, 7) is 0. The van der Waals surface area contributed by atoms with Crippen LogP contribution in [-0.4, -0.2) is 23.3 Å². The number of hydrogen-bond acceptors (Lipinski definition) is 3. The number of rotatable bonds is 3. The van der Waals surface area contributed by atoms with Gasteiger partial charge >= 0.3 is 5.97 Å². The molecule has 2 aromatic rings. The number of phenolic OH excluding ortho intramolecular Hbond substituents is 1. The maximum absolute atomic E-state index is 11.1. The largest absolute Gasteiger partial charge is 0.504 e. The van der Waals surface area contributed by atoms with Gasteiger partial charge in [0.2, 0.25) is 0 Å². The molecule has 2 N–H and O–H groups in total. The second kappa shape index (κ2) is 4.79. The van der Waals surface area contributed by atoms with Gasteiger partial charge < -0.3 is 14.9 Å². The van der Waals surface area contributed by atoms with E-state index in [1.807, 2.05) is 0 Å². The van der Waals surface area contributed by atoms with Crippen molar-refractivity contribution in [3.8, 4) is 22.6 Å². The third-order valence-electron chi connectivity index (χ3n) is 2.65. The van der Waals surface area contributed by atoms with E-state index in [4.69, 9.17) is 9.84 Å². The number of carbonyl (C=O) groups is 1. The Morgan fingerprint density at radius 2 is 1.89 bits per heavy atom. The lowest BCUT2D eigenvalue weighted by atomic mass is 9.99. The van der Waals surface area contributed by atoms with Gasteiger partial charge in [-0.1, -0.05) is 24.3 Å². The average molecular weight is 244 g/mol. The predicted octanol–water partition coefficient (Wildman–Crippen LogP) is 2.77. The number of hydrogen-bond donors (Lipinski definition) is 2. The second-order valence-electron chi connectivity index (χ2n) is 3.74. The normalized spacial score (nSPS) is 10.1. The Hall–Kier alpha value is -2.49. The maximum atomic E-state index is 11.1. The van der Waals surface area contributed by atoms with Gasteiger partial charge in [0.15, 0.2) is 11.5 Å². The molecular formula is C14H12O4. The molecule has 4 nitrogen and oxygen atoms in total. The van der Waals surface area contributed by atoms with Crippen molar-refractivity contribution in [2.75, 3.05) is 7.11 Å². The molecule has 0 saturated carbocycles. The van der Waals surface area contributed by atoms with Crippen LogP contribution in [-0.2, 0) is 0 Å². The lowest BCUT2D eigenvalue weighted by Gasteiger charge is -2.08. The second-order valence-corrected chi connectivity index (χ2v) is 3.74. The van der Waals surface area contributed by atoms with E-state index in [9.17, 15) is 9.90 Å². The van der Waals surface area contributed by atoms with Crippen LogP contribution in [0.1, 0.15) is 10.4 Å². The molecule has 92 valence electrons. The number of carboxylic acid groups (broad SMARTS) is 1. The molecular weight excluding hydrogens is 232 g/mol. The summed E-state index contributed by atoms with van der Waals surface area (Å²) in [5.41, 5.74) is 1.39. The van der Waals surface area contributed by atoms with Gasteiger partial charge in [-0.2, -0.15) is 0 Å². The fourth-order valence-corrected chi connectivity index (χ4v) is 1.78. The predicted molar refractivity (Wildman–Crippen MR) is 67.1 cm³/mol. The highest BCUT2D eigenvalue weighted by Crippen LogP contribution is 2.32. The van der Waals surface area contributed by atoms with E-state index < -0.39 is 5.97 Å². The van der Waals surface area contributed by atoms with Crippen LogP contribution in [0, 0.1) is 0 Å². The number of ether oxygens (including phenoxy) is 1. The smallest absolute Gasteiger partial charge is 0.336 e. The molecule has 2 rings (SSSR count). The molecule has 18 heavy (non-hydrogen) atoms. The molecule has 0 fully saturated rings. The van der Waals surface area contributed by atoms with Crippen molar-refractivity contribution < 1.29 is 19.7 Å². The Bertz CT molecular complexity index is 590. The molecule has 0 aromatic heterocycles. The first-order valence-corrected chi connectivity index (χ1v) is 5.33. The summed E-state index contributed by atoms with van der Waals surface area (Å²) in [7, 11) is 1.46. The van der Waals surface area contributed by atoms with Crippen LogP contribution < -0.4 is 4.74 Å². The van der Waals surface area contributed by atoms with Gasteiger partial charge in [-0.15, -0.1) is 0 Å². The molecule has 0 spiro atoms. The van der Waals surface area contributed by atoms with E-state index in [1.165, 1.54) is 19.2 Å². The molecule has 0 aliphatic heterocycles. The number of phenols is 1. The SMILES string of the molecule is COc1ccc(-c2ccccc2C(=O)O)cc1O. The molecule has 0 aliphatic carbocycles. The number of aromatic carboxylic acids is 1. The Morgan fingerprint density at radius 3 is 2.50 bits per heavy atom. The summed E-state index contributed by atoms with van der Waals surface area (Å²) in [5.74, 6) is -0.664. The zero-order valence-electron chi connectivity index (χ0n) is 9.75. The van der Waals surface area contributed by atoms with Crippen LogP contribution in [0.3, 0.4) is 0 Å². The van der Waals surface area contributed by atoms with E-state index in [-0.39, 0.29) is 11.3 Å². The fourth-order valence-electron chi connectivity index (χ4n) is 1.78. The Balaban J connectivity index is 2.55. The first-order chi connectivity index (χ1) is 8.63. The first-order valence-electron chi connectivity index (χ1n) is 5.33. The van der Waals surface area contributed by atoms with Gasteiger partial charge in [-0.05, 0) is 29.3 Å². The van der Waals surface area contributed by atoms with Gasteiger partial charge in [0.05, 0.1) is 12.7 Å². The molecule has 0 radical (unpaired) electrons. The number of aromatic hydroxyl groups is 1. The van der Waals surface area contributed by atoms with E-state index >= 15 is 0 Å². The van der Waals surface area contributed by atoms with E-state index in [0.717, 1.165) is 0 Å². The lowest BCUT2D eigenvalue weighted by molar-refractivity contribution is 0.0697.